The first kappa shape index (κ1) is 21.6. The number of carbonyl (C=O) groups is 1. The smallest absolute Gasteiger partial charge is 0.410 e. The molecule has 1 saturated heterocycles. The van der Waals surface area contributed by atoms with Crippen molar-refractivity contribution >= 4 is 38.7 Å². The molecule has 1 fully saturated rings. The van der Waals surface area contributed by atoms with Crippen molar-refractivity contribution in [1.82, 2.24) is 14.5 Å². The lowest BCUT2D eigenvalue weighted by Gasteiger charge is -2.28. The number of aromatic nitrogens is 2. The molecule has 2 aromatic carbocycles. The van der Waals surface area contributed by atoms with E-state index in [1.807, 2.05) is 44.1 Å². The first-order valence-electron chi connectivity index (χ1n) is 11.6. The molecule has 2 aromatic heterocycles. The predicted molar refractivity (Wildman–Crippen MR) is 132 cm³/mol. The molecule has 1 aliphatic rings. The number of fused-ring (bicyclic) bond motifs is 4. The van der Waals surface area contributed by atoms with E-state index in [4.69, 9.17) is 9.47 Å². The summed E-state index contributed by atoms with van der Waals surface area (Å²) >= 11 is 0. The van der Waals surface area contributed by atoms with Gasteiger partial charge in [-0.15, -0.1) is 0 Å². The minimum Gasteiger partial charge on any atom is -0.491 e. The molecule has 0 radical (unpaired) electrons. The lowest BCUT2D eigenvalue weighted by Crippen LogP contribution is -2.42. The van der Waals surface area contributed by atoms with Crippen molar-refractivity contribution in [2.24, 2.45) is 7.05 Å². The van der Waals surface area contributed by atoms with E-state index < -0.39 is 5.60 Å². The maximum Gasteiger partial charge on any atom is 0.410 e. The maximum absolute atomic E-state index is 12.6. The van der Waals surface area contributed by atoms with Gasteiger partial charge in [-0.2, -0.15) is 0 Å². The van der Waals surface area contributed by atoms with E-state index in [-0.39, 0.29) is 12.1 Å². The summed E-state index contributed by atoms with van der Waals surface area (Å²) in [6.07, 6.45) is 5.41. The molecule has 3 heterocycles. The van der Waals surface area contributed by atoms with E-state index in [0.29, 0.717) is 13.2 Å². The largest absolute Gasteiger partial charge is 0.491 e. The normalized spacial score (nSPS) is 16.8. The quantitative estimate of drug-likeness (QED) is 0.390. The van der Waals surface area contributed by atoms with Gasteiger partial charge in [-0.1, -0.05) is 0 Å². The van der Waals surface area contributed by atoms with Gasteiger partial charge in [0.25, 0.3) is 0 Å². The Morgan fingerprint density at radius 2 is 1.97 bits per heavy atom. The molecular formula is C27H31N3O3. The van der Waals surface area contributed by atoms with Crippen LogP contribution in [0.3, 0.4) is 0 Å². The number of rotatable bonds is 3. The summed E-state index contributed by atoms with van der Waals surface area (Å²) in [5, 5.41) is 4.73. The molecule has 0 saturated carbocycles. The standard InChI is InChI=1S/C27H31N3O3/c1-17-21-10-11-28-15-18(21)13-23-22-14-20(8-9-24(22)29(5)25(17)23)32-16-19-7-6-12-30(19)26(31)33-27(2,3)4/h8-11,13-15,19H,6-7,12,16H2,1-5H3/t19-/m1/s1. The highest BCUT2D eigenvalue weighted by Gasteiger charge is 2.32. The maximum atomic E-state index is 12.6. The van der Waals surface area contributed by atoms with Crippen molar-refractivity contribution in [2.75, 3.05) is 13.2 Å². The number of carbonyl (C=O) groups excluding carboxylic acids is 1. The van der Waals surface area contributed by atoms with Gasteiger partial charge in [0.05, 0.1) is 11.6 Å². The molecule has 0 aliphatic carbocycles. The second-order valence-corrected chi connectivity index (χ2v) is 10.0. The predicted octanol–water partition coefficient (Wildman–Crippen LogP) is 5.97. The van der Waals surface area contributed by atoms with Gasteiger partial charge in [-0.05, 0) is 81.8 Å². The molecule has 6 nitrogen and oxygen atoms in total. The van der Waals surface area contributed by atoms with Crippen molar-refractivity contribution in [3.63, 3.8) is 0 Å². The summed E-state index contributed by atoms with van der Waals surface area (Å²) in [6, 6.07) is 10.6. The fourth-order valence-corrected chi connectivity index (χ4v) is 5.05. The van der Waals surface area contributed by atoms with Crippen molar-refractivity contribution in [3.05, 3.63) is 48.3 Å². The summed E-state index contributed by atoms with van der Waals surface area (Å²) in [5.41, 5.74) is 3.15. The number of benzene rings is 2. The van der Waals surface area contributed by atoms with Gasteiger partial charge in [-0.3, -0.25) is 4.98 Å². The Morgan fingerprint density at radius 1 is 1.15 bits per heavy atom. The molecule has 6 heteroatoms. The Hall–Kier alpha value is -3.28. The molecule has 0 bridgehead atoms. The van der Waals surface area contributed by atoms with E-state index in [1.54, 1.807) is 0 Å². The summed E-state index contributed by atoms with van der Waals surface area (Å²) in [7, 11) is 2.11. The van der Waals surface area contributed by atoms with Gasteiger partial charge >= 0.3 is 6.09 Å². The third-order valence-electron chi connectivity index (χ3n) is 6.57. The van der Waals surface area contributed by atoms with E-state index in [0.717, 1.165) is 29.4 Å². The average Bonchev–Trinajstić information content (AvgIpc) is 3.34. The minimum atomic E-state index is -0.498. The van der Waals surface area contributed by atoms with Crippen molar-refractivity contribution in [2.45, 2.75) is 52.2 Å². The first-order chi connectivity index (χ1) is 15.7. The van der Waals surface area contributed by atoms with E-state index in [1.165, 1.54) is 27.4 Å². The highest BCUT2D eigenvalue weighted by atomic mass is 16.6. The highest BCUT2D eigenvalue weighted by Crippen LogP contribution is 2.36. The molecule has 0 unspecified atom stereocenters. The SMILES string of the molecule is Cc1c2ccncc2cc2c3cc(OC[C@H]4CCCN4C(=O)OC(C)(C)C)ccc3n(C)c12. The molecule has 172 valence electrons. The van der Waals surface area contributed by atoms with Crippen LogP contribution in [0.5, 0.6) is 5.75 Å². The molecule has 0 N–H and O–H groups in total. The lowest BCUT2D eigenvalue weighted by atomic mass is 10.0. The Kier molecular flexibility index (Phi) is 5.19. The van der Waals surface area contributed by atoms with Gasteiger partial charge in [0.2, 0.25) is 0 Å². The van der Waals surface area contributed by atoms with Gasteiger partial charge in [0.15, 0.2) is 0 Å². The number of ether oxygens (including phenoxy) is 2. The van der Waals surface area contributed by atoms with E-state index >= 15 is 0 Å². The molecule has 1 amide bonds. The van der Waals surface area contributed by atoms with Crippen LogP contribution < -0.4 is 4.74 Å². The zero-order chi connectivity index (χ0) is 23.3. The van der Waals surface area contributed by atoms with Gasteiger partial charge in [-0.25, -0.2) is 4.79 Å². The number of aryl methyl sites for hydroxylation is 2. The Labute approximate surface area is 194 Å². The highest BCUT2D eigenvalue weighted by molar-refractivity contribution is 6.14. The molecule has 5 rings (SSSR count). The first-order valence-corrected chi connectivity index (χ1v) is 11.6. The number of amides is 1. The number of nitrogens with zero attached hydrogens (tertiary/aromatic N) is 3. The summed E-state index contributed by atoms with van der Waals surface area (Å²) in [5.74, 6) is 0.815. The molecular weight excluding hydrogens is 414 g/mol. The fraction of sp³-hybridized carbons (Fsp3) is 0.407. The lowest BCUT2D eigenvalue weighted by molar-refractivity contribution is 0.0187. The molecule has 0 spiro atoms. The van der Waals surface area contributed by atoms with Crippen molar-refractivity contribution < 1.29 is 14.3 Å². The van der Waals surface area contributed by atoms with Crippen LogP contribution in [0.4, 0.5) is 4.79 Å². The van der Waals surface area contributed by atoms with Gasteiger partial charge in [0.1, 0.15) is 18.0 Å². The summed E-state index contributed by atoms with van der Waals surface area (Å²) < 4.78 is 14.1. The van der Waals surface area contributed by atoms with Crippen LogP contribution in [-0.2, 0) is 11.8 Å². The third-order valence-corrected chi connectivity index (χ3v) is 6.57. The Bertz CT molecular complexity index is 1370. The van der Waals surface area contributed by atoms with Crippen LogP contribution in [0.2, 0.25) is 0 Å². The van der Waals surface area contributed by atoms with Crippen molar-refractivity contribution in [1.29, 1.82) is 0 Å². The third kappa shape index (κ3) is 3.88. The Balaban J connectivity index is 1.44. The Morgan fingerprint density at radius 3 is 2.76 bits per heavy atom. The zero-order valence-corrected chi connectivity index (χ0v) is 20.0. The zero-order valence-electron chi connectivity index (χ0n) is 20.0. The van der Waals surface area contributed by atoms with E-state index in [9.17, 15) is 4.79 Å². The fourth-order valence-electron chi connectivity index (χ4n) is 5.05. The monoisotopic (exact) mass is 445 g/mol. The average molecular weight is 446 g/mol. The molecule has 4 aromatic rings. The van der Waals surface area contributed by atoms with Gasteiger partial charge < -0.3 is 18.9 Å². The second-order valence-electron chi connectivity index (χ2n) is 10.0. The number of hydrogen-bond acceptors (Lipinski definition) is 4. The summed E-state index contributed by atoms with van der Waals surface area (Å²) in [4.78, 5) is 18.7. The van der Waals surface area contributed by atoms with Crippen LogP contribution in [0, 0.1) is 6.92 Å². The topological polar surface area (TPSA) is 56.6 Å². The molecule has 1 atom stereocenters. The molecule has 33 heavy (non-hydrogen) atoms. The van der Waals surface area contributed by atoms with Crippen LogP contribution in [-0.4, -0.2) is 45.3 Å². The molecule has 1 aliphatic heterocycles. The van der Waals surface area contributed by atoms with Gasteiger partial charge in [0, 0.05) is 47.7 Å². The minimum absolute atomic E-state index is 0.0281. The number of hydrogen-bond donors (Lipinski definition) is 0. The van der Waals surface area contributed by atoms with Crippen molar-refractivity contribution in [3.8, 4) is 5.75 Å². The van der Waals surface area contributed by atoms with E-state index in [2.05, 4.69) is 47.8 Å². The van der Waals surface area contributed by atoms with Crippen LogP contribution in [0.25, 0.3) is 32.6 Å². The number of pyridine rings is 1. The second kappa shape index (κ2) is 7.94. The van der Waals surface area contributed by atoms with Crippen LogP contribution in [0.15, 0.2) is 42.7 Å². The van der Waals surface area contributed by atoms with Crippen LogP contribution in [0.1, 0.15) is 39.2 Å². The number of likely N-dealkylation sites (tertiary alicyclic amines) is 1. The van der Waals surface area contributed by atoms with Crippen LogP contribution >= 0.6 is 0 Å². The summed E-state index contributed by atoms with van der Waals surface area (Å²) in [6.45, 7) is 9.03.